The van der Waals surface area contributed by atoms with Crippen LogP contribution < -0.4 is 10.2 Å². The van der Waals surface area contributed by atoms with Crippen LogP contribution >= 0.6 is 0 Å². The maximum absolute atomic E-state index is 5.06. The number of ether oxygens (including phenoxy) is 1. The van der Waals surface area contributed by atoms with Gasteiger partial charge < -0.3 is 15.0 Å². The molecular formula is C16H28N4O. The van der Waals surface area contributed by atoms with E-state index in [1.807, 2.05) is 0 Å². The molecule has 5 nitrogen and oxygen atoms in total. The van der Waals surface area contributed by atoms with Crippen LogP contribution in [0, 0.1) is 13.8 Å². The first-order valence-electron chi connectivity index (χ1n) is 7.93. The minimum Gasteiger partial charge on any atom is -0.383 e. The predicted molar refractivity (Wildman–Crippen MR) is 86.1 cm³/mol. The van der Waals surface area contributed by atoms with Crippen LogP contribution in [0.5, 0.6) is 0 Å². The first kappa shape index (κ1) is 16.2. The number of aryl methyl sites for hydroxylation is 2. The lowest BCUT2D eigenvalue weighted by Crippen LogP contribution is -2.26. The minimum atomic E-state index is 0.412. The van der Waals surface area contributed by atoms with E-state index in [-0.39, 0.29) is 0 Å². The Bertz CT molecular complexity index is 435. The van der Waals surface area contributed by atoms with Crippen molar-refractivity contribution in [1.29, 1.82) is 0 Å². The van der Waals surface area contributed by atoms with Crippen molar-refractivity contribution in [1.82, 2.24) is 15.3 Å². The molecule has 2 heterocycles. The highest BCUT2D eigenvalue weighted by atomic mass is 16.5. The van der Waals surface area contributed by atoms with Crippen LogP contribution in [0.4, 0.5) is 5.95 Å². The minimum absolute atomic E-state index is 0.412. The summed E-state index contributed by atoms with van der Waals surface area (Å²) in [6, 6.07) is 0. The van der Waals surface area contributed by atoms with Gasteiger partial charge in [0.25, 0.3) is 0 Å². The van der Waals surface area contributed by atoms with E-state index < -0.39 is 0 Å². The summed E-state index contributed by atoms with van der Waals surface area (Å²) in [6.07, 6.45) is 2.51. The number of hydrogen-bond acceptors (Lipinski definition) is 5. The van der Waals surface area contributed by atoms with Gasteiger partial charge in [-0.3, -0.25) is 0 Å². The fourth-order valence-corrected chi connectivity index (χ4v) is 3.07. The van der Waals surface area contributed by atoms with Gasteiger partial charge in [-0.15, -0.1) is 0 Å². The highest BCUT2D eigenvalue weighted by molar-refractivity contribution is 5.38. The van der Waals surface area contributed by atoms with E-state index in [1.165, 1.54) is 18.4 Å². The van der Waals surface area contributed by atoms with Gasteiger partial charge in [-0.25, -0.2) is 9.97 Å². The molecule has 0 amide bonds. The van der Waals surface area contributed by atoms with Crippen LogP contribution in [0.15, 0.2) is 0 Å². The summed E-state index contributed by atoms with van der Waals surface area (Å²) in [5.41, 5.74) is 3.51. The van der Waals surface area contributed by atoms with Crippen molar-refractivity contribution >= 4 is 5.95 Å². The highest BCUT2D eigenvalue weighted by Crippen LogP contribution is 2.24. The van der Waals surface area contributed by atoms with Crippen molar-refractivity contribution in [2.24, 2.45) is 0 Å². The second-order valence-electron chi connectivity index (χ2n) is 5.90. The molecule has 1 aromatic heterocycles. The van der Waals surface area contributed by atoms with Crippen molar-refractivity contribution in [3.63, 3.8) is 0 Å². The smallest absolute Gasteiger partial charge is 0.225 e. The zero-order valence-electron chi connectivity index (χ0n) is 13.8. The number of hydrogen-bond donors (Lipinski definition) is 1. The van der Waals surface area contributed by atoms with Crippen LogP contribution in [-0.4, -0.2) is 49.9 Å². The van der Waals surface area contributed by atoms with Gasteiger partial charge in [0.2, 0.25) is 5.95 Å². The first-order chi connectivity index (χ1) is 10.1. The molecule has 1 aromatic rings. The van der Waals surface area contributed by atoms with Crippen LogP contribution in [0.2, 0.25) is 0 Å². The Kier molecular flexibility index (Phi) is 5.94. The predicted octanol–water partition coefficient (Wildman–Crippen LogP) is 2.03. The van der Waals surface area contributed by atoms with E-state index in [9.17, 15) is 0 Å². The molecule has 0 aliphatic carbocycles. The highest BCUT2D eigenvalue weighted by Gasteiger charge is 2.19. The van der Waals surface area contributed by atoms with Gasteiger partial charge in [-0.05, 0) is 38.2 Å². The van der Waals surface area contributed by atoms with Crippen molar-refractivity contribution in [3.05, 3.63) is 17.0 Å². The number of anilines is 1. The SMILES string of the molecule is COCCNCC(C)c1c(C)nc(N2CCCC2)nc1C. The Labute approximate surface area is 128 Å². The van der Waals surface area contributed by atoms with Crippen LogP contribution in [0.25, 0.3) is 0 Å². The molecule has 5 heteroatoms. The molecule has 0 aromatic carbocycles. The number of nitrogens with one attached hydrogen (secondary N) is 1. The third-order valence-corrected chi connectivity index (χ3v) is 4.13. The largest absolute Gasteiger partial charge is 0.383 e. The molecule has 0 bridgehead atoms. The topological polar surface area (TPSA) is 50.3 Å². The number of nitrogens with zero attached hydrogens (tertiary/aromatic N) is 3. The monoisotopic (exact) mass is 292 g/mol. The van der Waals surface area contributed by atoms with Crippen LogP contribution in [-0.2, 0) is 4.74 Å². The summed E-state index contributed by atoms with van der Waals surface area (Å²) in [4.78, 5) is 11.8. The van der Waals surface area contributed by atoms with Gasteiger partial charge in [0.05, 0.1) is 6.61 Å². The normalized spacial score (nSPS) is 16.5. The number of rotatable bonds is 7. The summed E-state index contributed by atoms with van der Waals surface area (Å²) in [7, 11) is 1.73. The molecule has 0 saturated carbocycles. The second-order valence-corrected chi connectivity index (χ2v) is 5.90. The lowest BCUT2D eigenvalue weighted by atomic mass is 9.98. The van der Waals surface area contributed by atoms with E-state index in [4.69, 9.17) is 14.7 Å². The number of aromatic nitrogens is 2. The Morgan fingerprint density at radius 3 is 2.38 bits per heavy atom. The Hall–Kier alpha value is -1.20. The van der Waals surface area contributed by atoms with Gasteiger partial charge in [0.1, 0.15) is 0 Å². The Balaban J connectivity index is 2.05. The molecule has 1 aliphatic rings. The van der Waals surface area contributed by atoms with Gasteiger partial charge in [0, 0.05) is 44.7 Å². The average molecular weight is 292 g/mol. The third-order valence-electron chi connectivity index (χ3n) is 4.13. The zero-order valence-corrected chi connectivity index (χ0v) is 13.8. The van der Waals surface area contributed by atoms with E-state index in [0.29, 0.717) is 5.92 Å². The molecule has 1 saturated heterocycles. The van der Waals surface area contributed by atoms with E-state index in [0.717, 1.165) is 50.1 Å². The Morgan fingerprint density at radius 2 is 1.81 bits per heavy atom. The molecule has 0 radical (unpaired) electrons. The molecule has 1 N–H and O–H groups in total. The average Bonchev–Trinajstić information content (AvgIpc) is 2.97. The maximum Gasteiger partial charge on any atom is 0.225 e. The lowest BCUT2D eigenvalue weighted by molar-refractivity contribution is 0.199. The molecule has 1 fully saturated rings. The van der Waals surface area contributed by atoms with Gasteiger partial charge >= 0.3 is 0 Å². The van der Waals surface area contributed by atoms with E-state index in [1.54, 1.807) is 7.11 Å². The van der Waals surface area contributed by atoms with Crippen LogP contribution in [0.3, 0.4) is 0 Å². The fourth-order valence-electron chi connectivity index (χ4n) is 3.07. The standard InChI is InChI=1S/C16H28N4O/c1-12(11-17-7-10-21-4)15-13(2)18-16(19-14(15)3)20-8-5-6-9-20/h12,17H,5-11H2,1-4H3. The zero-order chi connectivity index (χ0) is 15.2. The maximum atomic E-state index is 5.06. The summed E-state index contributed by atoms with van der Waals surface area (Å²) in [6.45, 7) is 11.2. The number of methoxy groups -OCH3 is 1. The summed E-state index contributed by atoms with van der Waals surface area (Å²) < 4.78 is 5.06. The molecular weight excluding hydrogens is 264 g/mol. The second kappa shape index (κ2) is 7.71. The van der Waals surface area contributed by atoms with Crippen LogP contribution in [0.1, 0.15) is 42.6 Å². The first-order valence-corrected chi connectivity index (χ1v) is 7.93. The summed E-state index contributed by atoms with van der Waals surface area (Å²) in [5, 5.41) is 3.42. The van der Waals surface area contributed by atoms with Crippen molar-refractivity contribution in [2.75, 3.05) is 44.8 Å². The van der Waals surface area contributed by atoms with E-state index >= 15 is 0 Å². The molecule has 118 valence electrons. The summed E-state index contributed by atoms with van der Waals surface area (Å²) in [5.74, 6) is 1.32. The van der Waals surface area contributed by atoms with E-state index in [2.05, 4.69) is 31.0 Å². The fraction of sp³-hybridized carbons (Fsp3) is 0.750. The summed E-state index contributed by atoms with van der Waals surface area (Å²) >= 11 is 0. The molecule has 2 rings (SSSR count). The molecule has 0 spiro atoms. The van der Waals surface area contributed by atoms with Gasteiger partial charge in [0.15, 0.2) is 0 Å². The third kappa shape index (κ3) is 4.14. The van der Waals surface area contributed by atoms with Gasteiger partial charge in [-0.2, -0.15) is 0 Å². The molecule has 1 atom stereocenters. The lowest BCUT2D eigenvalue weighted by Gasteiger charge is -2.21. The molecule has 21 heavy (non-hydrogen) atoms. The molecule has 1 unspecified atom stereocenters. The van der Waals surface area contributed by atoms with Crippen molar-refractivity contribution in [2.45, 2.75) is 39.5 Å². The quantitative estimate of drug-likeness (QED) is 0.779. The molecule has 1 aliphatic heterocycles. The van der Waals surface area contributed by atoms with Gasteiger partial charge in [-0.1, -0.05) is 6.92 Å². The van der Waals surface area contributed by atoms with Crippen molar-refractivity contribution < 1.29 is 4.74 Å². The van der Waals surface area contributed by atoms with Crippen molar-refractivity contribution in [3.8, 4) is 0 Å². The Morgan fingerprint density at radius 1 is 1.19 bits per heavy atom.